The van der Waals surface area contributed by atoms with Gasteiger partial charge in [0.05, 0.1) is 17.4 Å². The van der Waals surface area contributed by atoms with Gasteiger partial charge in [-0.2, -0.15) is 5.26 Å². The zero-order valence-electron chi connectivity index (χ0n) is 10.8. The van der Waals surface area contributed by atoms with Crippen LogP contribution < -0.4 is 5.32 Å². The van der Waals surface area contributed by atoms with Gasteiger partial charge in [-0.25, -0.2) is 0 Å². The number of rotatable bonds is 3. The summed E-state index contributed by atoms with van der Waals surface area (Å²) in [7, 11) is 0. The number of benzene rings is 1. The van der Waals surface area contributed by atoms with E-state index in [1.165, 1.54) is 6.42 Å². The second-order valence-corrected chi connectivity index (χ2v) is 5.15. The van der Waals surface area contributed by atoms with E-state index in [4.69, 9.17) is 5.26 Å². The van der Waals surface area contributed by atoms with Gasteiger partial charge in [0.1, 0.15) is 6.07 Å². The van der Waals surface area contributed by atoms with Crippen molar-refractivity contribution in [2.45, 2.75) is 38.7 Å². The number of nitriles is 1. The first-order chi connectivity index (χ1) is 8.70. The van der Waals surface area contributed by atoms with Crippen LogP contribution in [0.2, 0.25) is 0 Å². The first kappa shape index (κ1) is 12.9. The summed E-state index contributed by atoms with van der Waals surface area (Å²) in [5.74, 6) is 0.312. The molecule has 2 N–H and O–H groups in total. The summed E-state index contributed by atoms with van der Waals surface area (Å²) in [6, 6.07) is 8.05. The molecule has 3 nitrogen and oxygen atoms in total. The Hall–Kier alpha value is -1.53. The van der Waals surface area contributed by atoms with E-state index < -0.39 is 0 Å². The molecule has 0 radical (unpaired) electrons. The third-order valence-electron chi connectivity index (χ3n) is 3.72. The lowest BCUT2D eigenvalue weighted by Crippen LogP contribution is -2.30. The number of nitrogens with one attached hydrogen (secondary N) is 1. The number of anilines is 1. The van der Waals surface area contributed by atoms with E-state index in [1.54, 1.807) is 0 Å². The minimum absolute atomic E-state index is 0.192. The van der Waals surface area contributed by atoms with Gasteiger partial charge in [-0.15, -0.1) is 0 Å². The van der Waals surface area contributed by atoms with Gasteiger partial charge in [-0.1, -0.05) is 18.9 Å². The van der Waals surface area contributed by atoms with Crippen LogP contribution in [0.3, 0.4) is 0 Å². The molecule has 0 aromatic heterocycles. The molecule has 1 aromatic carbocycles. The molecular formula is C15H20N2O. The second-order valence-electron chi connectivity index (χ2n) is 5.15. The molecule has 3 heteroatoms. The van der Waals surface area contributed by atoms with Crippen molar-refractivity contribution >= 4 is 5.69 Å². The Morgan fingerprint density at radius 2 is 2.17 bits per heavy atom. The molecule has 2 rings (SSSR count). The minimum atomic E-state index is -0.192. The highest BCUT2D eigenvalue weighted by atomic mass is 16.3. The van der Waals surface area contributed by atoms with E-state index in [2.05, 4.69) is 11.4 Å². The molecule has 1 aromatic rings. The highest BCUT2D eigenvalue weighted by Crippen LogP contribution is 2.25. The number of aryl methyl sites for hydroxylation is 1. The summed E-state index contributed by atoms with van der Waals surface area (Å²) in [5.41, 5.74) is 2.65. The Balaban J connectivity index is 1.99. The zero-order chi connectivity index (χ0) is 13.0. The molecule has 2 atom stereocenters. The van der Waals surface area contributed by atoms with Gasteiger partial charge in [0, 0.05) is 12.5 Å². The highest BCUT2D eigenvalue weighted by Gasteiger charge is 2.22. The standard InChI is InChI=1S/C15H20N2O/c1-11-6-7-14(13(8-11)9-16)17-10-12-4-2-3-5-15(12)18/h6-8,12,15,17-18H,2-5,10H2,1H3. The molecule has 18 heavy (non-hydrogen) atoms. The monoisotopic (exact) mass is 244 g/mol. The van der Waals surface area contributed by atoms with Gasteiger partial charge >= 0.3 is 0 Å². The predicted octanol–water partition coefficient (Wildman–Crippen LogP) is 2.83. The number of aliphatic hydroxyl groups is 1. The van der Waals surface area contributed by atoms with Crippen molar-refractivity contribution in [1.29, 1.82) is 5.26 Å². The summed E-state index contributed by atoms with van der Waals surface area (Å²) in [6.07, 6.45) is 4.11. The van der Waals surface area contributed by atoms with Gasteiger partial charge in [0.2, 0.25) is 0 Å². The number of hydrogen-bond donors (Lipinski definition) is 2. The first-order valence-electron chi connectivity index (χ1n) is 6.63. The summed E-state index contributed by atoms with van der Waals surface area (Å²) in [6.45, 7) is 2.73. The molecule has 0 heterocycles. The lowest BCUT2D eigenvalue weighted by atomic mass is 9.86. The largest absolute Gasteiger partial charge is 0.393 e. The first-order valence-corrected chi connectivity index (χ1v) is 6.63. The van der Waals surface area contributed by atoms with E-state index in [0.29, 0.717) is 11.5 Å². The fraction of sp³-hybridized carbons (Fsp3) is 0.533. The quantitative estimate of drug-likeness (QED) is 0.859. The molecule has 1 aliphatic carbocycles. The van der Waals surface area contributed by atoms with E-state index >= 15 is 0 Å². The maximum Gasteiger partial charge on any atom is 0.101 e. The molecule has 2 unspecified atom stereocenters. The Morgan fingerprint density at radius 3 is 2.89 bits per heavy atom. The van der Waals surface area contributed by atoms with Crippen molar-refractivity contribution in [3.05, 3.63) is 29.3 Å². The van der Waals surface area contributed by atoms with Crippen LogP contribution in [-0.2, 0) is 0 Å². The van der Waals surface area contributed by atoms with Crippen LogP contribution in [-0.4, -0.2) is 17.8 Å². The molecule has 1 aliphatic rings. The smallest absolute Gasteiger partial charge is 0.101 e. The maximum atomic E-state index is 9.91. The SMILES string of the molecule is Cc1ccc(NCC2CCCCC2O)c(C#N)c1. The van der Waals surface area contributed by atoms with Gasteiger partial charge in [0.25, 0.3) is 0 Å². The molecule has 0 saturated heterocycles. The molecule has 0 aliphatic heterocycles. The van der Waals surface area contributed by atoms with E-state index in [-0.39, 0.29) is 6.10 Å². The van der Waals surface area contributed by atoms with Crippen molar-refractivity contribution < 1.29 is 5.11 Å². The van der Waals surface area contributed by atoms with Crippen LogP contribution in [0.25, 0.3) is 0 Å². The number of hydrogen-bond acceptors (Lipinski definition) is 3. The van der Waals surface area contributed by atoms with Crippen LogP contribution in [0.5, 0.6) is 0 Å². The van der Waals surface area contributed by atoms with Crippen LogP contribution in [0.1, 0.15) is 36.8 Å². The number of aliphatic hydroxyl groups excluding tert-OH is 1. The molecule has 0 bridgehead atoms. The molecule has 1 fully saturated rings. The second kappa shape index (κ2) is 5.88. The highest BCUT2D eigenvalue weighted by molar-refractivity contribution is 5.58. The van der Waals surface area contributed by atoms with Gasteiger partial charge in [-0.05, 0) is 37.5 Å². The molecule has 0 amide bonds. The minimum Gasteiger partial charge on any atom is -0.393 e. The average molecular weight is 244 g/mol. The van der Waals surface area contributed by atoms with Crippen molar-refractivity contribution in [1.82, 2.24) is 0 Å². The van der Waals surface area contributed by atoms with Gasteiger partial charge in [-0.3, -0.25) is 0 Å². The third kappa shape index (κ3) is 3.02. The summed E-state index contributed by atoms with van der Waals surface area (Å²) in [4.78, 5) is 0. The molecule has 96 valence electrons. The molecule has 1 saturated carbocycles. The van der Waals surface area contributed by atoms with Crippen LogP contribution >= 0.6 is 0 Å². The fourth-order valence-electron chi connectivity index (χ4n) is 2.57. The number of nitrogens with zero attached hydrogens (tertiary/aromatic N) is 1. The van der Waals surface area contributed by atoms with E-state index in [9.17, 15) is 5.11 Å². The average Bonchev–Trinajstić information content (AvgIpc) is 2.39. The summed E-state index contributed by atoms with van der Waals surface area (Å²) >= 11 is 0. The van der Waals surface area contributed by atoms with Crippen LogP contribution in [0.4, 0.5) is 5.69 Å². The van der Waals surface area contributed by atoms with Crippen molar-refractivity contribution in [3.63, 3.8) is 0 Å². The third-order valence-corrected chi connectivity index (χ3v) is 3.72. The topological polar surface area (TPSA) is 56.0 Å². The molecular weight excluding hydrogens is 224 g/mol. The lowest BCUT2D eigenvalue weighted by Gasteiger charge is -2.28. The zero-order valence-corrected chi connectivity index (χ0v) is 10.8. The normalized spacial score (nSPS) is 23.4. The Kier molecular flexibility index (Phi) is 4.22. The van der Waals surface area contributed by atoms with Crippen LogP contribution in [0, 0.1) is 24.2 Å². The predicted molar refractivity (Wildman–Crippen MR) is 72.3 cm³/mol. The maximum absolute atomic E-state index is 9.91. The van der Waals surface area contributed by atoms with Gasteiger partial charge in [0.15, 0.2) is 0 Å². The van der Waals surface area contributed by atoms with Crippen molar-refractivity contribution in [3.8, 4) is 6.07 Å². The Morgan fingerprint density at radius 1 is 1.39 bits per heavy atom. The van der Waals surface area contributed by atoms with Crippen molar-refractivity contribution in [2.75, 3.05) is 11.9 Å². The van der Waals surface area contributed by atoms with E-state index in [0.717, 1.165) is 37.1 Å². The summed E-state index contributed by atoms with van der Waals surface area (Å²) < 4.78 is 0. The van der Waals surface area contributed by atoms with Crippen LogP contribution in [0.15, 0.2) is 18.2 Å². The Labute approximate surface area is 108 Å². The molecule has 0 spiro atoms. The van der Waals surface area contributed by atoms with E-state index in [1.807, 2.05) is 25.1 Å². The van der Waals surface area contributed by atoms with Crippen molar-refractivity contribution in [2.24, 2.45) is 5.92 Å². The summed E-state index contributed by atoms with van der Waals surface area (Å²) in [5, 5.41) is 22.3. The van der Waals surface area contributed by atoms with Gasteiger partial charge < -0.3 is 10.4 Å². The fourth-order valence-corrected chi connectivity index (χ4v) is 2.57. The lowest BCUT2D eigenvalue weighted by molar-refractivity contribution is 0.0763. The Bertz CT molecular complexity index is 450.